The lowest BCUT2D eigenvalue weighted by Crippen LogP contribution is -2.21. The average molecular weight is 443 g/mol. The maximum Gasteiger partial charge on any atom is 0.267 e. The first kappa shape index (κ1) is 20.4. The molecule has 1 amide bonds. The van der Waals surface area contributed by atoms with Crippen LogP contribution in [0.25, 0.3) is 20.7 Å². The summed E-state index contributed by atoms with van der Waals surface area (Å²) in [5.41, 5.74) is 1.71. The number of methoxy groups -OCH3 is 1. The van der Waals surface area contributed by atoms with E-state index in [9.17, 15) is 9.18 Å². The number of amides is 1. The van der Waals surface area contributed by atoms with Gasteiger partial charge in [0.05, 0.1) is 16.2 Å². The number of ether oxygens (including phenoxy) is 1. The van der Waals surface area contributed by atoms with Gasteiger partial charge in [-0.25, -0.2) is 14.4 Å². The van der Waals surface area contributed by atoms with E-state index in [0.717, 1.165) is 32.3 Å². The predicted octanol–water partition coefficient (Wildman–Crippen LogP) is 4.89. The SMILES string of the molecule is COCCN(C)c1nc2sc(C(=O)Nc3ccc(-c4ccc(F)cc4)cn3)cc2s1. The minimum atomic E-state index is -0.283. The molecule has 154 valence electrons. The number of aromatic nitrogens is 2. The number of rotatable bonds is 7. The summed E-state index contributed by atoms with van der Waals surface area (Å²) in [5, 5.41) is 3.71. The van der Waals surface area contributed by atoms with Crippen LogP contribution in [0.4, 0.5) is 15.3 Å². The number of likely N-dealkylation sites (N-methyl/N-ethyl adjacent to an activating group) is 1. The van der Waals surface area contributed by atoms with Crippen LogP contribution in [-0.4, -0.2) is 43.2 Å². The first-order valence-electron chi connectivity index (χ1n) is 9.17. The fourth-order valence-corrected chi connectivity index (χ4v) is 4.87. The van der Waals surface area contributed by atoms with Crippen molar-refractivity contribution in [2.24, 2.45) is 0 Å². The van der Waals surface area contributed by atoms with Crippen LogP contribution in [0.2, 0.25) is 0 Å². The number of pyridine rings is 1. The van der Waals surface area contributed by atoms with Crippen molar-refractivity contribution >= 4 is 49.1 Å². The summed E-state index contributed by atoms with van der Waals surface area (Å²) in [6, 6.07) is 11.6. The highest BCUT2D eigenvalue weighted by molar-refractivity contribution is 7.29. The molecule has 0 spiro atoms. The van der Waals surface area contributed by atoms with Crippen LogP contribution in [-0.2, 0) is 4.74 Å². The molecule has 0 aliphatic rings. The van der Waals surface area contributed by atoms with Crippen molar-refractivity contribution in [3.63, 3.8) is 0 Å². The maximum absolute atomic E-state index is 13.1. The molecule has 6 nitrogen and oxygen atoms in total. The van der Waals surface area contributed by atoms with Crippen molar-refractivity contribution < 1.29 is 13.9 Å². The van der Waals surface area contributed by atoms with E-state index in [-0.39, 0.29) is 11.7 Å². The van der Waals surface area contributed by atoms with Crippen molar-refractivity contribution in [1.82, 2.24) is 9.97 Å². The molecule has 0 aliphatic carbocycles. The Hall–Kier alpha value is -2.88. The Labute approximate surface area is 181 Å². The van der Waals surface area contributed by atoms with E-state index in [2.05, 4.69) is 15.3 Å². The smallest absolute Gasteiger partial charge is 0.267 e. The van der Waals surface area contributed by atoms with Gasteiger partial charge in [-0.1, -0.05) is 23.5 Å². The number of hydrogen-bond donors (Lipinski definition) is 1. The second-order valence-corrected chi connectivity index (χ2v) is 8.62. The molecule has 0 bridgehead atoms. The van der Waals surface area contributed by atoms with Gasteiger partial charge in [0.15, 0.2) is 5.13 Å². The lowest BCUT2D eigenvalue weighted by Gasteiger charge is -2.14. The third kappa shape index (κ3) is 4.48. The Morgan fingerprint density at radius 3 is 2.60 bits per heavy atom. The molecule has 0 aliphatic heterocycles. The number of carbonyl (C=O) groups excluding carboxylic acids is 1. The first-order chi connectivity index (χ1) is 14.5. The lowest BCUT2D eigenvalue weighted by molar-refractivity contribution is 0.103. The molecule has 0 atom stereocenters. The van der Waals surface area contributed by atoms with Crippen molar-refractivity contribution in [3.8, 4) is 11.1 Å². The predicted molar refractivity (Wildman–Crippen MR) is 120 cm³/mol. The highest BCUT2D eigenvalue weighted by atomic mass is 32.1. The van der Waals surface area contributed by atoms with Gasteiger partial charge in [-0.3, -0.25) is 4.79 Å². The van der Waals surface area contributed by atoms with Crippen LogP contribution < -0.4 is 10.2 Å². The quantitative estimate of drug-likeness (QED) is 0.441. The molecule has 30 heavy (non-hydrogen) atoms. The molecule has 3 heterocycles. The number of nitrogens with one attached hydrogen (secondary N) is 1. The number of nitrogens with zero attached hydrogens (tertiary/aromatic N) is 3. The highest BCUT2D eigenvalue weighted by Crippen LogP contribution is 2.34. The third-order valence-corrected chi connectivity index (χ3v) is 6.72. The molecule has 1 N–H and O–H groups in total. The fourth-order valence-electron chi connectivity index (χ4n) is 2.78. The molecular weight excluding hydrogens is 423 g/mol. The summed E-state index contributed by atoms with van der Waals surface area (Å²) < 4.78 is 19.1. The largest absolute Gasteiger partial charge is 0.383 e. The molecule has 0 unspecified atom stereocenters. The number of thiazole rings is 1. The molecule has 1 aromatic carbocycles. The van der Waals surface area contributed by atoms with Crippen molar-refractivity contribution in [2.75, 3.05) is 37.5 Å². The number of carbonyl (C=O) groups is 1. The molecule has 3 aromatic heterocycles. The zero-order valence-corrected chi connectivity index (χ0v) is 18.0. The Morgan fingerprint density at radius 2 is 1.93 bits per heavy atom. The van der Waals surface area contributed by atoms with Crippen LogP contribution in [0.1, 0.15) is 9.67 Å². The van der Waals surface area contributed by atoms with Crippen LogP contribution in [0.5, 0.6) is 0 Å². The summed E-state index contributed by atoms with van der Waals surface area (Å²) in [5.74, 6) is -0.0493. The number of hydrogen-bond acceptors (Lipinski definition) is 7. The molecular formula is C21H19FN4O2S2. The number of benzene rings is 1. The number of fused-ring (bicyclic) bond motifs is 1. The Balaban J connectivity index is 1.43. The Morgan fingerprint density at radius 1 is 1.17 bits per heavy atom. The molecule has 4 rings (SSSR count). The van der Waals surface area contributed by atoms with Gasteiger partial charge in [0.1, 0.15) is 16.5 Å². The molecule has 0 radical (unpaired) electrons. The van der Waals surface area contributed by atoms with Crippen molar-refractivity contribution in [2.45, 2.75) is 0 Å². The van der Waals surface area contributed by atoms with Gasteiger partial charge >= 0.3 is 0 Å². The van der Waals surface area contributed by atoms with Gasteiger partial charge in [-0.2, -0.15) is 0 Å². The van der Waals surface area contributed by atoms with Gasteiger partial charge in [0.25, 0.3) is 5.91 Å². The summed E-state index contributed by atoms with van der Waals surface area (Å²) >= 11 is 2.90. The summed E-state index contributed by atoms with van der Waals surface area (Å²) in [4.78, 5) is 25.0. The minimum absolute atomic E-state index is 0.221. The van der Waals surface area contributed by atoms with Crippen LogP contribution in [0.3, 0.4) is 0 Å². The van der Waals surface area contributed by atoms with Gasteiger partial charge in [-0.15, -0.1) is 11.3 Å². The molecule has 0 fully saturated rings. The molecule has 4 aromatic rings. The number of anilines is 2. The molecule has 0 saturated carbocycles. The summed E-state index contributed by atoms with van der Waals surface area (Å²) in [6.07, 6.45) is 1.65. The third-order valence-electron chi connectivity index (χ3n) is 4.44. The monoisotopic (exact) mass is 442 g/mol. The van der Waals surface area contributed by atoms with E-state index < -0.39 is 0 Å². The molecule has 9 heteroatoms. The van der Waals surface area contributed by atoms with E-state index in [1.807, 2.05) is 24.1 Å². The summed E-state index contributed by atoms with van der Waals surface area (Å²) in [7, 11) is 3.64. The van der Waals surface area contributed by atoms with Gasteiger partial charge in [0.2, 0.25) is 0 Å². The number of halogens is 1. The fraction of sp³-hybridized carbons (Fsp3) is 0.190. The van der Waals surface area contributed by atoms with Crippen LogP contribution in [0, 0.1) is 5.82 Å². The zero-order valence-electron chi connectivity index (χ0n) is 16.4. The van der Waals surface area contributed by atoms with E-state index in [4.69, 9.17) is 4.74 Å². The normalized spacial score (nSPS) is 11.0. The highest BCUT2D eigenvalue weighted by Gasteiger charge is 2.16. The van der Waals surface area contributed by atoms with Crippen molar-refractivity contribution in [3.05, 3.63) is 59.4 Å². The van der Waals surface area contributed by atoms with Crippen molar-refractivity contribution in [1.29, 1.82) is 0 Å². The first-order valence-corrected chi connectivity index (χ1v) is 10.8. The maximum atomic E-state index is 13.1. The van der Waals surface area contributed by atoms with E-state index in [1.165, 1.54) is 23.5 Å². The second-order valence-electron chi connectivity index (χ2n) is 6.58. The Kier molecular flexibility index (Phi) is 6.03. The van der Waals surface area contributed by atoms with Crippen LogP contribution >= 0.6 is 22.7 Å². The van der Waals surface area contributed by atoms with Gasteiger partial charge in [-0.05, 0) is 35.9 Å². The lowest BCUT2D eigenvalue weighted by atomic mass is 10.1. The second kappa shape index (κ2) is 8.86. The van der Waals surface area contributed by atoms with E-state index in [1.54, 1.807) is 42.8 Å². The zero-order chi connectivity index (χ0) is 21.1. The number of thiophene rings is 1. The average Bonchev–Trinajstić information content (AvgIpc) is 3.33. The minimum Gasteiger partial charge on any atom is -0.383 e. The Bertz CT molecular complexity index is 1120. The topological polar surface area (TPSA) is 67.3 Å². The standard InChI is InChI=1S/C21H19FN4O2S2/c1-26(9-10-28-2)21-25-20-17(30-21)11-16(29-20)19(27)24-18-8-5-14(12-23-18)13-3-6-15(22)7-4-13/h3-8,11-12H,9-10H2,1-2H3,(H,23,24,27). The summed E-state index contributed by atoms with van der Waals surface area (Å²) in [6.45, 7) is 1.38. The molecule has 0 saturated heterocycles. The van der Waals surface area contributed by atoms with E-state index in [0.29, 0.717) is 17.3 Å². The van der Waals surface area contributed by atoms with E-state index >= 15 is 0 Å². The van der Waals surface area contributed by atoms with Crippen LogP contribution in [0.15, 0.2) is 48.7 Å². The van der Waals surface area contributed by atoms with Gasteiger partial charge in [0, 0.05) is 32.5 Å². The van der Waals surface area contributed by atoms with Gasteiger partial charge < -0.3 is 15.0 Å².